The molecule has 0 saturated heterocycles. The van der Waals surface area contributed by atoms with Gasteiger partial charge in [0.25, 0.3) is 5.91 Å². The van der Waals surface area contributed by atoms with Gasteiger partial charge in [0.05, 0.1) is 16.8 Å². The number of aliphatic carboxylic acids is 1. The van der Waals surface area contributed by atoms with Crippen LogP contribution in [0.15, 0.2) is 24.3 Å². The summed E-state index contributed by atoms with van der Waals surface area (Å²) in [4.78, 5) is 28.3. The summed E-state index contributed by atoms with van der Waals surface area (Å²) < 4.78 is 0. The molecule has 0 bridgehead atoms. The minimum Gasteiger partial charge on any atom is -0.480 e. The van der Waals surface area contributed by atoms with Crippen LogP contribution in [-0.4, -0.2) is 27.5 Å². The highest BCUT2D eigenvalue weighted by Crippen LogP contribution is 2.32. The van der Waals surface area contributed by atoms with Gasteiger partial charge in [-0.3, -0.25) is 9.78 Å². The number of fused-ring (bicyclic) bond motifs is 1. The van der Waals surface area contributed by atoms with E-state index in [9.17, 15) is 14.7 Å². The molecule has 114 valence electrons. The standard InChI is InChI=1S/C17H18N2O3/c1-10-4-5-12-9-13(11(2)18-14(12)8-10)15(20)19-17(16(21)22)6-3-7-17/h4-5,8-9H,3,6-7H2,1-2H3,(H,19,20)(H,21,22). The molecule has 5 heteroatoms. The van der Waals surface area contributed by atoms with Crippen molar-refractivity contribution in [1.29, 1.82) is 0 Å². The van der Waals surface area contributed by atoms with Crippen molar-refractivity contribution in [3.63, 3.8) is 0 Å². The number of aryl methyl sites for hydroxylation is 2. The predicted molar refractivity (Wildman–Crippen MR) is 82.9 cm³/mol. The molecule has 0 radical (unpaired) electrons. The third-order valence-electron chi connectivity index (χ3n) is 4.38. The lowest BCUT2D eigenvalue weighted by Gasteiger charge is -2.38. The van der Waals surface area contributed by atoms with Crippen LogP contribution in [0.5, 0.6) is 0 Å². The van der Waals surface area contributed by atoms with Gasteiger partial charge in [-0.05, 0) is 50.8 Å². The van der Waals surface area contributed by atoms with E-state index in [1.807, 2.05) is 25.1 Å². The van der Waals surface area contributed by atoms with Gasteiger partial charge in [0.15, 0.2) is 0 Å². The first-order chi connectivity index (χ1) is 10.4. The first-order valence-corrected chi connectivity index (χ1v) is 7.35. The fraction of sp³-hybridized carbons (Fsp3) is 0.353. The number of carbonyl (C=O) groups is 2. The fourth-order valence-corrected chi connectivity index (χ4v) is 2.81. The SMILES string of the molecule is Cc1ccc2cc(C(=O)NC3(C(=O)O)CCC3)c(C)nc2c1. The Morgan fingerprint density at radius 1 is 1.23 bits per heavy atom. The maximum atomic E-state index is 12.5. The lowest BCUT2D eigenvalue weighted by molar-refractivity contribution is -0.148. The molecule has 1 fully saturated rings. The van der Waals surface area contributed by atoms with Crippen LogP contribution >= 0.6 is 0 Å². The summed E-state index contributed by atoms with van der Waals surface area (Å²) in [5, 5.41) is 12.9. The summed E-state index contributed by atoms with van der Waals surface area (Å²) in [5.41, 5.74) is 1.88. The molecule has 1 amide bonds. The van der Waals surface area contributed by atoms with Gasteiger partial charge in [0, 0.05) is 5.39 Å². The molecule has 22 heavy (non-hydrogen) atoms. The Kier molecular flexibility index (Phi) is 3.35. The highest BCUT2D eigenvalue weighted by atomic mass is 16.4. The largest absolute Gasteiger partial charge is 0.480 e. The van der Waals surface area contributed by atoms with Crippen LogP contribution in [0.4, 0.5) is 0 Å². The number of amides is 1. The molecule has 0 aliphatic heterocycles. The zero-order valence-corrected chi connectivity index (χ0v) is 12.6. The summed E-state index contributed by atoms with van der Waals surface area (Å²) in [6.07, 6.45) is 1.78. The third kappa shape index (κ3) is 2.32. The minimum atomic E-state index is -1.11. The first-order valence-electron chi connectivity index (χ1n) is 7.35. The molecule has 1 aliphatic rings. The van der Waals surface area contributed by atoms with Gasteiger partial charge in [-0.1, -0.05) is 12.1 Å². The number of carbonyl (C=O) groups excluding carboxylic acids is 1. The van der Waals surface area contributed by atoms with Gasteiger partial charge in [0.1, 0.15) is 5.54 Å². The maximum absolute atomic E-state index is 12.5. The summed E-state index contributed by atoms with van der Waals surface area (Å²) in [5.74, 6) is -1.33. The van der Waals surface area contributed by atoms with E-state index in [-0.39, 0.29) is 5.91 Å². The van der Waals surface area contributed by atoms with Gasteiger partial charge in [-0.25, -0.2) is 4.79 Å². The van der Waals surface area contributed by atoms with Crippen molar-refractivity contribution >= 4 is 22.8 Å². The number of hydrogen-bond acceptors (Lipinski definition) is 3. The molecule has 3 rings (SSSR count). The highest BCUT2D eigenvalue weighted by molar-refractivity contribution is 6.01. The van der Waals surface area contributed by atoms with Crippen molar-refractivity contribution in [2.24, 2.45) is 0 Å². The molecule has 1 saturated carbocycles. The van der Waals surface area contributed by atoms with Crippen molar-refractivity contribution in [3.8, 4) is 0 Å². The van der Waals surface area contributed by atoms with Crippen LogP contribution < -0.4 is 5.32 Å². The van der Waals surface area contributed by atoms with Gasteiger partial charge in [0.2, 0.25) is 0 Å². The molecular formula is C17H18N2O3. The van der Waals surface area contributed by atoms with Crippen molar-refractivity contribution < 1.29 is 14.7 Å². The summed E-state index contributed by atoms with van der Waals surface area (Å²) in [7, 11) is 0. The number of rotatable bonds is 3. The van der Waals surface area contributed by atoms with E-state index in [1.54, 1.807) is 13.0 Å². The maximum Gasteiger partial charge on any atom is 0.329 e. The van der Waals surface area contributed by atoms with Crippen LogP contribution in [0.25, 0.3) is 10.9 Å². The van der Waals surface area contributed by atoms with Gasteiger partial charge in [-0.2, -0.15) is 0 Å². The second kappa shape index (κ2) is 5.09. The molecule has 1 aliphatic carbocycles. The first kappa shape index (κ1) is 14.5. The lowest BCUT2D eigenvalue weighted by Crippen LogP contribution is -2.59. The number of nitrogens with zero attached hydrogens (tertiary/aromatic N) is 1. The Balaban J connectivity index is 1.95. The molecule has 1 aromatic heterocycles. The molecule has 0 unspecified atom stereocenters. The predicted octanol–water partition coefficient (Wildman–Crippen LogP) is 2.59. The second-order valence-corrected chi connectivity index (χ2v) is 6.01. The molecule has 2 aromatic rings. The Morgan fingerprint density at radius 3 is 2.55 bits per heavy atom. The van der Waals surface area contributed by atoms with E-state index in [1.165, 1.54) is 0 Å². The molecule has 0 spiro atoms. The van der Waals surface area contributed by atoms with Crippen LogP contribution in [-0.2, 0) is 4.79 Å². The molecule has 5 nitrogen and oxygen atoms in total. The summed E-state index contributed by atoms with van der Waals surface area (Å²) >= 11 is 0. The Bertz CT molecular complexity index is 779. The molecular weight excluding hydrogens is 280 g/mol. The topological polar surface area (TPSA) is 79.3 Å². The number of carboxylic acid groups (broad SMARTS) is 1. The summed E-state index contributed by atoms with van der Waals surface area (Å²) in [6.45, 7) is 3.76. The number of pyridine rings is 1. The van der Waals surface area contributed by atoms with Gasteiger partial charge in [-0.15, -0.1) is 0 Å². The van der Waals surface area contributed by atoms with E-state index in [0.717, 1.165) is 22.9 Å². The summed E-state index contributed by atoms with van der Waals surface area (Å²) in [6, 6.07) is 7.63. The van der Waals surface area contributed by atoms with Gasteiger partial charge >= 0.3 is 5.97 Å². The number of carboxylic acids is 1. The van der Waals surface area contributed by atoms with Crippen LogP contribution in [0.1, 0.15) is 40.9 Å². The van der Waals surface area contributed by atoms with E-state index in [0.29, 0.717) is 24.1 Å². The number of aromatic nitrogens is 1. The van der Waals surface area contributed by atoms with Crippen LogP contribution in [0.2, 0.25) is 0 Å². The lowest BCUT2D eigenvalue weighted by atomic mass is 9.76. The van der Waals surface area contributed by atoms with E-state index in [2.05, 4.69) is 10.3 Å². The number of nitrogens with one attached hydrogen (secondary N) is 1. The zero-order valence-electron chi connectivity index (χ0n) is 12.6. The zero-order chi connectivity index (χ0) is 15.9. The van der Waals surface area contributed by atoms with Crippen molar-refractivity contribution in [3.05, 3.63) is 41.1 Å². The Hall–Kier alpha value is -2.43. The fourth-order valence-electron chi connectivity index (χ4n) is 2.81. The number of benzene rings is 1. The smallest absolute Gasteiger partial charge is 0.329 e. The normalized spacial score (nSPS) is 16.1. The monoisotopic (exact) mass is 298 g/mol. The van der Waals surface area contributed by atoms with Crippen molar-refractivity contribution in [2.75, 3.05) is 0 Å². The van der Waals surface area contributed by atoms with Crippen LogP contribution in [0.3, 0.4) is 0 Å². The van der Waals surface area contributed by atoms with E-state index < -0.39 is 11.5 Å². The minimum absolute atomic E-state index is 0.366. The third-order valence-corrected chi connectivity index (χ3v) is 4.38. The average molecular weight is 298 g/mol. The van der Waals surface area contributed by atoms with Crippen LogP contribution in [0, 0.1) is 13.8 Å². The van der Waals surface area contributed by atoms with E-state index in [4.69, 9.17) is 0 Å². The molecule has 1 aromatic carbocycles. The molecule has 2 N–H and O–H groups in total. The Morgan fingerprint density at radius 2 is 1.95 bits per heavy atom. The van der Waals surface area contributed by atoms with Crippen molar-refractivity contribution in [2.45, 2.75) is 38.6 Å². The Labute approximate surface area is 128 Å². The van der Waals surface area contributed by atoms with Gasteiger partial charge < -0.3 is 10.4 Å². The van der Waals surface area contributed by atoms with Crippen molar-refractivity contribution in [1.82, 2.24) is 10.3 Å². The average Bonchev–Trinajstić information content (AvgIpc) is 2.41. The second-order valence-electron chi connectivity index (χ2n) is 6.01. The molecule has 0 atom stereocenters. The molecule has 1 heterocycles. The van der Waals surface area contributed by atoms with E-state index >= 15 is 0 Å². The highest BCUT2D eigenvalue weighted by Gasteiger charge is 2.45. The quantitative estimate of drug-likeness (QED) is 0.913. The number of hydrogen-bond donors (Lipinski definition) is 2.